The number of aryl methyl sites for hydroxylation is 1. The second kappa shape index (κ2) is 12.5. The van der Waals surface area contributed by atoms with Crippen LogP contribution in [0.1, 0.15) is 22.7 Å². The lowest BCUT2D eigenvalue weighted by atomic mass is 10.0. The van der Waals surface area contributed by atoms with E-state index in [1.54, 1.807) is 14.2 Å². The van der Waals surface area contributed by atoms with Crippen LogP contribution in [-0.2, 0) is 6.42 Å². The zero-order chi connectivity index (χ0) is 20.5. The van der Waals surface area contributed by atoms with E-state index in [0.717, 1.165) is 23.5 Å². The highest BCUT2D eigenvalue weighted by Gasteiger charge is 2.13. The number of ether oxygens (including phenoxy) is 2. The Morgan fingerprint density at radius 1 is 1.07 bits per heavy atom. The van der Waals surface area contributed by atoms with Crippen molar-refractivity contribution in [2.45, 2.75) is 19.4 Å². The fourth-order valence-electron chi connectivity index (χ4n) is 2.97. The van der Waals surface area contributed by atoms with Crippen LogP contribution in [0.4, 0.5) is 0 Å². The van der Waals surface area contributed by atoms with Crippen LogP contribution in [0, 0.1) is 6.92 Å². The number of aliphatic imine (C=N–C) groups is 1. The number of methoxy groups -OCH3 is 2. The summed E-state index contributed by atoms with van der Waals surface area (Å²) in [5.41, 5.74) is 9.69. The van der Waals surface area contributed by atoms with Crippen molar-refractivity contribution >= 4 is 29.9 Å². The van der Waals surface area contributed by atoms with Gasteiger partial charge in [0.15, 0.2) is 17.5 Å². The van der Waals surface area contributed by atoms with Crippen molar-refractivity contribution in [1.82, 2.24) is 10.2 Å². The van der Waals surface area contributed by atoms with Gasteiger partial charge in [-0.05, 0) is 50.7 Å². The standard InChI is InChI=1S/C22H32N4O2.HI/c1-16-6-9-18(10-7-16)19(26(2)3)15-25-22(23)24-13-12-17-8-11-20(27-4)21(14-17)28-5;/h6-11,14,19H,12-13,15H2,1-5H3,(H3,23,24,25);1H. The Balaban J connectivity index is 0.00000420. The van der Waals surface area contributed by atoms with Gasteiger partial charge in [-0.1, -0.05) is 35.9 Å². The Morgan fingerprint density at radius 2 is 1.72 bits per heavy atom. The molecule has 0 heterocycles. The number of rotatable bonds is 9. The van der Waals surface area contributed by atoms with Gasteiger partial charge in [0, 0.05) is 6.54 Å². The van der Waals surface area contributed by atoms with Gasteiger partial charge in [-0.25, -0.2) is 0 Å². The summed E-state index contributed by atoms with van der Waals surface area (Å²) in [6.45, 7) is 3.39. The third-order valence-corrected chi connectivity index (χ3v) is 4.69. The van der Waals surface area contributed by atoms with Crippen LogP contribution in [0.5, 0.6) is 11.5 Å². The normalized spacial score (nSPS) is 12.3. The molecular weight excluding hydrogens is 479 g/mol. The molecule has 2 aromatic rings. The summed E-state index contributed by atoms with van der Waals surface area (Å²) in [4.78, 5) is 6.69. The molecule has 0 fully saturated rings. The van der Waals surface area contributed by atoms with Crippen LogP contribution in [0.25, 0.3) is 0 Å². The number of likely N-dealkylation sites (N-methyl/N-ethyl adjacent to an activating group) is 1. The van der Waals surface area contributed by atoms with Crippen LogP contribution in [-0.4, -0.2) is 52.3 Å². The van der Waals surface area contributed by atoms with E-state index in [4.69, 9.17) is 15.2 Å². The second-order valence-electron chi connectivity index (χ2n) is 6.98. The lowest BCUT2D eigenvalue weighted by Crippen LogP contribution is -2.34. The third-order valence-electron chi connectivity index (χ3n) is 4.69. The molecule has 0 amide bonds. The van der Waals surface area contributed by atoms with E-state index in [9.17, 15) is 0 Å². The van der Waals surface area contributed by atoms with Gasteiger partial charge in [-0.3, -0.25) is 4.99 Å². The predicted octanol–water partition coefficient (Wildman–Crippen LogP) is 3.38. The molecule has 7 heteroatoms. The van der Waals surface area contributed by atoms with Gasteiger partial charge in [0.1, 0.15) is 0 Å². The number of guanidine groups is 1. The first-order valence-electron chi connectivity index (χ1n) is 9.42. The van der Waals surface area contributed by atoms with Crippen LogP contribution in [0.15, 0.2) is 47.5 Å². The van der Waals surface area contributed by atoms with Crippen molar-refractivity contribution in [2.24, 2.45) is 10.7 Å². The van der Waals surface area contributed by atoms with Crippen molar-refractivity contribution in [3.8, 4) is 11.5 Å². The van der Waals surface area contributed by atoms with E-state index < -0.39 is 0 Å². The van der Waals surface area contributed by atoms with Crippen LogP contribution in [0.2, 0.25) is 0 Å². The van der Waals surface area contributed by atoms with Gasteiger partial charge in [0.2, 0.25) is 0 Å². The van der Waals surface area contributed by atoms with E-state index in [2.05, 4.69) is 60.5 Å². The van der Waals surface area contributed by atoms with Crippen LogP contribution >= 0.6 is 24.0 Å². The summed E-state index contributed by atoms with van der Waals surface area (Å²) in [5.74, 6) is 1.92. The number of nitrogens with two attached hydrogens (primary N) is 1. The van der Waals surface area contributed by atoms with Gasteiger partial charge in [0.05, 0.1) is 26.8 Å². The Bertz CT molecular complexity index is 779. The molecule has 0 aliphatic heterocycles. The van der Waals surface area contributed by atoms with Crippen molar-refractivity contribution in [1.29, 1.82) is 0 Å². The summed E-state index contributed by atoms with van der Waals surface area (Å²) >= 11 is 0. The molecule has 0 saturated heterocycles. The van der Waals surface area contributed by atoms with E-state index >= 15 is 0 Å². The maximum atomic E-state index is 6.07. The fourth-order valence-corrected chi connectivity index (χ4v) is 2.97. The number of halogens is 1. The minimum absolute atomic E-state index is 0. The minimum atomic E-state index is 0. The van der Waals surface area contributed by atoms with E-state index in [1.165, 1.54) is 11.1 Å². The van der Waals surface area contributed by atoms with Gasteiger partial charge in [-0.2, -0.15) is 0 Å². The number of hydrogen-bond acceptors (Lipinski definition) is 4. The smallest absolute Gasteiger partial charge is 0.188 e. The monoisotopic (exact) mass is 512 g/mol. The highest BCUT2D eigenvalue weighted by Crippen LogP contribution is 2.27. The SMILES string of the molecule is COc1ccc(CCNC(N)=NCC(c2ccc(C)cc2)N(C)C)cc1OC.I. The zero-order valence-electron chi connectivity index (χ0n) is 17.9. The molecule has 1 atom stereocenters. The molecule has 29 heavy (non-hydrogen) atoms. The Hall–Kier alpha value is -2.00. The zero-order valence-corrected chi connectivity index (χ0v) is 20.3. The average molecular weight is 512 g/mol. The molecular formula is C22H33IN4O2. The topological polar surface area (TPSA) is 72.1 Å². The molecule has 0 spiro atoms. The molecule has 0 aromatic heterocycles. The van der Waals surface area contributed by atoms with Gasteiger partial charge in [0.25, 0.3) is 0 Å². The molecule has 6 nitrogen and oxygen atoms in total. The van der Waals surface area contributed by atoms with Gasteiger partial charge in [-0.15, -0.1) is 24.0 Å². The maximum Gasteiger partial charge on any atom is 0.188 e. The first-order valence-corrected chi connectivity index (χ1v) is 9.42. The number of benzene rings is 2. The number of hydrogen-bond donors (Lipinski definition) is 2. The van der Waals surface area contributed by atoms with E-state index in [1.807, 2.05) is 18.2 Å². The molecule has 0 radical (unpaired) electrons. The summed E-state index contributed by atoms with van der Waals surface area (Å²) < 4.78 is 10.6. The second-order valence-corrected chi connectivity index (χ2v) is 6.98. The van der Waals surface area contributed by atoms with Crippen LogP contribution < -0.4 is 20.5 Å². The molecule has 2 rings (SSSR count). The summed E-state index contributed by atoms with van der Waals surface area (Å²) in [6, 6.07) is 14.7. The van der Waals surface area contributed by atoms with Gasteiger partial charge >= 0.3 is 0 Å². The molecule has 0 aliphatic carbocycles. The van der Waals surface area contributed by atoms with Crippen molar-refractivity contribution in [3.63, 3.8) is 0 Å². The Labute approximate surface area is 191 Å². The Morgan fingerprint density at radius 3 is 2.31 bits per heavy atom. The lowest BCUT2D eigenvalue weighted by Gasteiger charge is -2.23. The Kier molecular flexibility index (Phi) is 10.8. The van der Waals surface area contributed by atoms with Crippen molar-refractivity contribution in [3.05, 3.63) is 59.2 Å². The molecule has 0 aliphatic rings. The average Bonchev–Trinajstić information content (AvgIpc) is 2.69. The van der Waals surface area contributed by atoms with E-state index in [-0.39, 0.29) is 30.0 Å². The van der Waals surface area contributed by atoms with Crippen LogP contribution in [0.3, 0.4) is 0 Å². The molecule has 0 bridgehead atoms. The van der Waals surface area contributed by atoms with Gasteiger partial charge < -0.3 is 25.4 Å². The minimum Gasteiger partial charge on any atom is -0.493 e. The fraction of sp³-hybridized carbons (Fsp3) is 0.409. The highest BCUT2D eigenvalue weighted by molar-refractivity contribution is 14.0. The summed E-state index contributed by atoms with van der Waals surface area (Å²) in [6.07, 6.45) is 0.811. The molecule has 3 N–H and O–H groups in total. The third kappa shape index (κ3) is 7.74. The summed E-state index contributed by atoms with van der Waals surface area (Å²) in [7, 11) is 7.38. The number of nitrogens with one attached hydrogen (secondary N) is 1. The van der Waals surface area contributed by atoms with Crippen molar-refractivity contribution < 1.29 is 9.47 Å². The number of nitrogens with zero attached hydrogens (tertiary/aromatic N) is 2. The largest absolute Gasteiger partial charge is 0.493 e. The predicted molar refractivity (Wildman–Crippen MR) is 131 cm³/mol. The highest BCUT2D eigenvalue weighted by atomic mass is 127. The molecule has 2 aromatic carbocycles. The van der Waals surface area contributed by atoms with E-state index in [0.29, 0.717) is 19.0 Å². The first kappa shape index (κ1) is 25.0. The van der Waals surface area contributed by atoms with Crippen molar-refractivity contribution in [2.75, 3.05) is 41.4 Å². The quantitative estimate of drug-likeness (QED) is 0.306. The molecule has 0 saturated carbocycles. The molecule has 1 unspecified atom stereocenters. The first-order chi connectivity index (χ1) is 13.4. The maximum absolute atomic E-state index is 6.07. The molecule has 160 valence electrons. The lowest BCUT2D eigenvalue weighted by molar-refractivity contribution is 0.306. The summed E-state index contributed by atoms with van der Waals surface area (Å²) in [5, 5.41) is 3.19.